The first-order valence-corrected chi connectivity index (χ1v) is 8.28. The molecule has 0 fully saturated rings. The van der Waals surface area contributed by atoms with E-state index in [1.165, 1.54) is 0 Å². The van der Waals surface area contributed by atoms with Gasteiger partial charge in [-0.25, -0.2) is 0 Å². The van der Waals surface area contributed by atoms with Crippen LogP contribution in [-0.4, -0.2) is 25.2 Å². The van der Waals surface area contributed by atoms with Gasteiger partial charge in [0.05, 0.1) is 19.4 Å². The Morgan fingerprint density at radius 1 is 1.16 bits per heavy atom. The molecule has 1 aromatic carbocycles. The summed E-state index contributed by atoms with van der Waals surface area (Å²) in [6, 6.07) is 6.60. The Hall–Kier alpha value is -0.670. The van der Waals surface area contributed by atoms with Crippen LogP contribution in [0.15, 0.2) is 24.3 Å². The predicted molar refractivity (Wildman–Crippen MR) is 76.1 cm³/mol. The van der Waals surface area contributed by atoms with Crippen molar-refractivity contribution < 1.29 is 18.4 Å². The first-order valence-electron chi connectivity index (χ1n) is 6.17. The molecule has 0 unspecified atom stereocenters. The largest absolute Gasteiger partial charge is 0.331 e. The summed E-state index contributed by atoms with van der Waals surface area (Å²) in [4.78, 5) is 11.9. The zero-order valence-electron chi connectivity index (χ0n) is 11.1. The second-order valence-corrected chi connectivity index (χ2v) is 6.47. The SMILES string of the molecule is CCOP(=O)(CCC(=O)c1ccc(Cl)cc1)OCC. The van der Waals surface area contributed by atoms with Gasteiger partial charge in [-0.15, -0.1) is 0 Å². The van der Waals surface area contributed by atoms with E-state index in [4.69, 9.17) is 20.6 Å². The Kier molecular flexibility index (Phi) is 6.73. The number of carbonyl (C=O) groups excluding carboxylic acids is 1. The summed E-state index contributed by atoms with van der Waals surface area (Å²) in [6.45, 7) is 4.08. The minimum atomic E-state index is -3.15. The minimum absolute atomic E-state index is 0.0934. The van der Waals surface area contributed by atoms with Crippen molar-refractivity contribution in [1.29, 1.82) is 0 Å². The third-order valence-electron chi connectivity index (χ3n) is 2.43. The fourth-order valence-electron chi connectivity index (χ4n) is 1.58. The average Bonchev–Trinajstić information content (AvgIpc) is 2.37. The molecule has 0 saturated heterocycles. The summed E-state index contributed by atoms with van der Waals surface area (Å²) in [7, 11) is -3.15. The molecule has 4 nitrogen and oxygen atoms in total. The fourth-order valence-corrected chi connectivity index (χ4v) is 3.30. The Balaban J connectivity index is 2.61. The van der Waals surface area contributed by atoms with Crippen LogP contribution in [0.25, 0.3) is 0 Å². The summed E-state index contributed by atoms with van der Waals surface area (Å²) >= 11 is 5.75. The predicted octanol–water partition coefficient (Wildman–Crippen LogP) is 4.18. The average molecular weight is 305 g/mol. The lowest BCUT2D eigenvalue weighted by molar-refractivity contribution is 0.0984. The molecular weight excluding hydrogens is 287 g/mol. The molecular formula is C13H18ClO4P. The van der Waals surface area contributed by atoms with Gasteiger partial charge < -0.3 is 9.05 Å². The van der Waals surface area contributed by atoms with E-state index in [-0.39, 0.29) is 18.4 Å². The van der Waals surface area contributed by atoms with Crippen LogP contribution in [0.5, 0.6) is 0 Å². The molecule has 6 heteroatoms. The Labute approximate surface area is 118 Å². The number of benzene rings is 1. The first kappa shape index (κ1) is 16.4. The number of rotatable bonds is 8. The highest BCUT2D eigenvalue weighted by Gasteiger charge is 2.24. The van der Waals surface area contributed by atoms with Crippen LogP contribution in [0.3, 0.4) is 0 Å². The van der Waals surface area contributed by atoms with Crippen LogP contribution in [0, 0.1) is 0 Å². The van der Waals surface area contributed by atoms with Crippen molar-refractivity contribution in [2.75, 3.05) is 19.4 Å². The summed E-state index contributed by atoms with van der Waals surface area (Å²) in [5, 5.41) is 0.575. The molecule has 19 heavy (non-hydrogen) atoms. The number of hydrogen-bond acceptors (Lipinski definition) is 4. The topological polar surface area (TPSA) is 52.6 Å². The molecule has 0 saturated carbocycles. The number of Topliss-reactive ketones (excluding diaryl/α,β-unsaturated/α-hetero) is 1. The second-order valence-electron chi connectivity index (χ2n) is 3.85. The molecule has 0 aliphatic carbocycles. The fraction of sp³-hybridized carbons (Fsp3) is 0.462. The zero-order chi connectivity index (χ0) is 14.3. The van der Waals surface area contributed by atoms with Gasteiger partial charge in [-0.2, -0.15) is 0 Å². The van der Waals surface area contributed by atoms with Gasteiger partial charge in [-0.3, -0.25) is 9.36 Å². The summed E-state index contributed by atoms with van der Waals surface area (Å²) in [5.74, 6) is -0.101. The van der Waals surface area contributed by atoms with Gasteiger partial charge in [0, 0.05) is 17.0 Å². The maximum atomic E-state index is 12.2. The second kappa shape index (κ2) is 7.81. The van der Waals surface area contributed by atoms with E-state index in [1.54, 1.807) is 38.1 Å². The third kappa shape index (κ3) is 5.45. The van der Waals surface area contributed by atoms with E-state index in [1.807, 2.05) is 0 Å². The van der Waals surface area contributed by atoms with Gasteiger partial charge >= 0.3 is 7.60 Å². The highest BCUT2D eigenvalue weighted by Crippen LogP contribution is 2.48. The Bertz CT molecular complexity index is 448. The lowest BCUT2D eigenvalue weighted by Gasteiger charge is -2.16. The monoisotopic (exact) mass is 304 g/mol. The van der Waals surface area contributed by atoms with Gasteiger partial charge in [-0.05, 0) is 38.1 Å². The molecule has 0 radical (unpaired) electrons. The quantitative estimate of drug-likeness (QED) is 0.534. The maximum absolute atomic E-state index is 12.2. The van der Waals surface area contributed by atoms with Crippen LogP contribution >= 0.6 is 19.2 Å². The lowest BCUT2D eigenvalue weighted by atomic mass is 10.1. The minimum Gasteiger partial charge on any atom is -0.309 e. The third-order valence-corrected chi connectivity index (χ3v) is 4.76. The van der Waals surface area contributed by atoms with Crippen molar-refractivity contribution in [2.24, 2.45) is 0 Å². The van der Waals surface area contributed by atoms with Crippen LogP contribution in [0.2, 0.25) is 5.02 Å². The highest BCUT2D eigenvalue weighted by atomic mass is 35.5. The summed E-state index contributed by atoms with van der Waals surface area (Å²) in [6.07, 6.45) is 0.217. The number of hydrogen-bond donors (Lipinski definition) is 0. The highest BCUT2D eigenvalue weighted by molar-refractivity contribution is 7.53. The molecule has 0 aliphatic heterocycles. The van der Waals surface area contributed by atoms with Gasteiger partial charge in [-0.1, -0.05) is 11.6 Å². The van der Waals surface area contributed by atoms with E-state index in [2.05, 4.69) is 0 Å². The molecule has 0 aliphatic rings. The lowest BCUT2D eigenvalue weighted by Crippen LogP contribution is -2.06. The van der Waals surface area contributed by atoms with Gasteiger partial charge in [0.2, 0.25) is 0 Å². The smallest absolute Gasteiger partial charge is 0.309 e. The van der Waals surface area contributed by atoms with E-state index >= 15 is 0 Å². The Morgan fingerprint density at radius 3 is 2.16 bits per heavy atom. The molecule has 0 N–H and O–H groups in total. The van der Waals surface area contributed by atoms with Crippen molar-refractivity contribution in [1.82, 2.24) is 0 Å². The van der Waals surface area contributed by atoms with Crippen LogP contribution in [-0.2, 0) is 13.6 Å². The van der Waals surface area contributed by atoms with Gasteiger partial charge in [0.25, 0.3) is 0 Å². The Morgan fingerprint density at radius 2 is 1.68 bits per heavy atom. The molecule has 0 spiro atoms. The van der Waals surface area contributed by atoms with Gasteiger partial charge in [0.1, 0.15) is 0 Å². The maximum Gasteiger partial charge on any atom is 0.331 e. The molecule has 1 aromatic rings. The molecule has 0 amide bonds. The molecule has 0 heterocycles. The van der Waals surface area contributed by atoms with Crippen LogP contribution in [0.1, 0.15) is 30.6 Å². The van der Waals surface area contributed by atoms with Crippen LogP contribution in [0.4, 0.5) is 0 Å². The van der Waals surface area contributed by atoms with E-state index in [0.717, 1.165) is 0 Å². The van der Waals surface area contributed by atoms with E-state index in [9.17, 15) is 9.36 Å². The zero-order valence-corrected chi connectivity index (χ0v) is 12.7. The van der Waals surface area contributed by atoms with Crippen molar-refractivity contribution in [2.45, 2.75) is 20.3 Å². The molecule has 0 bridgehead atoms. The normalized spacial score (nSPS) is 11.5. The first-order chi connectivity index (χ1) is 9.00. The molecule has 1 rings (SSSR count). The van der Waals surface area contributed by atoms with E-state index in [0.29, 0.717) is 23.8 Å². The standard InChI is InChI=1S/C13H18ClO4P/c1-3-17-19(16,18-4-2)10-9-13(15)11-5-7-12(14)8-6-11/h5-8H,3-4,9-10H2,1-2H3. The van der Waals surface area contributed by atoms with Crippen molar-refractivity contribution in [3.63, 3.8) is 0 Å². The molecule has 0 aromatic heterocycles. The molecule has 106 valence electrons. The number of carbonyl (C=O) groups is 1. The van der Waals surface area contributed by atoms with Crippen LogP contribution < -0.4 is 0 Å². The van der Waals surface area contributed by atoms with Crippen molar-refractivity contribution >= 4 is 25.0 Å². The number of ketones is 1. The summed E-state index contributed by atoms with van der Waals surface area (Å²) in [5.41, 5.74) is 0.545. The molecule has 0 atom stereocenters. The van der Waals surface area contributed by atoms with Gasteiger partial charge in [0.15, 0.2) is 5.78 Å². The summed E-state index contributed by atoms with van der Waals surface area (Å²) < 4.78 is 22.5. The number of halogens is 1. The van der Waals surface area contributed by atoms with Crippen molar-refractivity contribution in [3.05, 3.63) is 34.9 Å². The van der Waals surface area contributed by atoms with Crippen molar-refractivity contribution in [3.8, 4) is 0 Å². The van der Waals surface area contributed by atoms with E-state index < -0.39 is 7.60 Å².